The van der Waals surface area contributed by atoms with Crippen LogP contribution in [0.1, 0.15) is 45.3 Å². The molecule has 0 bridgehead atoms. The van der Waals surface area contributed by atoms with E-state index in [9.17, 15) is 4.79 Å². The standard InChI is InChI=1S/C19H27N5O2S/c1-13-7-9-23(10-8-13)18-21-22-19(24(18)12-16-4-3-11-26-16)27-14(2)17(25)20-15-5-6-15/h3-4,11,13-15H,5-10,12H2,1-2H3,(H,20,25). The van der Waals surface area contributed by atoms with Crippen molar-refractivity contribution < 1.29 is 9.21 Å². The van der Waals surface area contributed by atoms with Gasteiger partial charge >= 0.3 is 0 Å². The molecule has 1 aliphatic heterocycles. The molecule has 1 atom stereocenters. The van der Waals surface area contributed by atoms with E-state index >= 15 is 0 Å². The predicted molar refractivity (Wildman–Crippen MR) is 105 cm³/mol. The molecule has 2 aromatic heterocycles. The molecule has 7 nitrogen and oxygen atoms in total. The highest BCUT2D eigenvalue weighted by atomic mass is 32.2. The lowest BCUT2D eigenvalue weighted by Crippen LogP contribution is -2.35. The lowest BCUT2D eigenvalue weighted by molar-refractivity contribution is -0.120. The van der Waals surface area contributed by atoms with Gasteiger partial charge in [-0.05, 0) is 50.7 Å². The Morgan fingerprint density at radius 1 is 1.33 bits per heavy atom. The molecule has 1 saturated carbocycles. The number of nitrogens with one attached hydrogen (secondary N) is 1. The Morgan fingerprint density at radius 3 is 2.78 bits per heavy atom. The van der Waals surface area contributed by atoms with Gasteiger partial charge in [-0.1, -0.05) is 18.7 Å². The molecule has 0 radical (unpaired) electrons. The predicted octanol–water partition coefficient (Wildman–Crippen LogP) is 2.91. The van der Waals surface area contributed by atoms with Gasteiger partial charge in [-0.2, -0.15) is 0 Å². The number of aromatic nitrogens is 3. The number of carbonyl (C=O) groups is 1. The minimum absolute atomic E-state index is 0.0726. The summed E-state index contributed by atoms with van der Waals surface area (Å²) in [6, 6.07) is 4.22. The average Bonchev–Trinajstić information content (AvgIpc) is 3.16. The van der Waals surface area contributed by atoms with Gasteiger partial charge in [-0.25, -0.2) is 0 Å². The van der Waals surface area contributed by atoms with E-state index in [2.05, 4.69) is 31.9 Å². The van der Waals surface area contributed by atoms with Crippen LogP contribution >= 0.6 is 11.8 Å². The first-order chi connectivity index (χ1) is 13.1. The highest BCUT2D eigenvalue weighted by Crippen LogP contribution is 2.29. The maximum Gasteiger partial charge on any atom is 0.233 e. The molecule has 0 spiro atoms. The van der Waals surface area contributed by atoms with Gasteiger partial charge in [0.2, 0.25) is 11.9 Å². The summed E-state index contributed by atoms with van der Waals surface area (Å²) in [6.07, 6.45) is 6.19. The van der Waals surface area contributed by atoms with E-state index < -0.39 is 0 Å². The number of piperidine rings is 1. The zero-order chi connectivity index (χ0) is 18.8. The van der Waals surface area contributed by atoms with Crippen LogP contribution in [0.25, 0.3) is 0 Å². The third kappa shape index (κ3) is 4.48. The van der Waals surface area contributed by atoms with Crippen molar-refractivity contribution in [1.82, 2.24) is 20.1 Å². The number of carbonyl (C=O) groups excluding carboxylic acids is 1. The molecule has 0 aromatic carbocycles. The van der Waals surface area contributed by atoms with Gasteiger partial charge < -0.3 is 14.6 Å². The van der Waals surface area contributed by atoms with Crippen LogP contribution in [0.3, 0.4) is 0 Å². The molecular weight excluding hydrogens is 362 g/mol. The number of amides is 1. The Morgan fingerprint density at radius 2 is 2.11 bits per heavy atom. The third-order valence-corrected chi connectivity index (χ3v) is 6.31. The van der Waals surface area contributed by atoms with Crippen LogP contribution in [0.5, 0.6) is 0 Å². The Bertz CT molecular complexity index is 763. The molecule has 8 heteroatoms. The first-order valence-electron chi connectivity index (χ1n) is 9.77. The Balaban J connectivity index is 1.53. The van der Waals surface area contributed by atoms with Crippen molar-refractivity contribution in [3.05, 3.63) is 24.2 Å². The minimum atomic E-state index is -0.209. The van der Waals surface area contributed by atoms with Crippen LogP contribution in [0.15, 0.2) is 28.0 Å². The molecule has 2 aromatic rings. The van der Waals surface area contributed by atoms with E-state index in [1.165, 1.54) is 11.8 Å². The van der Waals surface area contributed by atoms with Gasteiger partial charge in [0.15, 0.2) is 5.16 Å². The van der Waals surface area contributed by atoms with E-state index in [0.717, 1.165) is 61.6 Å². The Hall–Kier alpha value is -1.96. The molecule has 1 amide bonds. The fourth-order valence-corrected chi connectivity index (χ4v) is 4.12. The lowest BCUT2D eigenvalue weighted by Gasteiger charge is -2.31. The molecule has 1 aliphatic carbocycles. The minimum Gasteiger partial charge on any atom is -0.467 e. The Labute approximate surface area is 163 Å². The molecule has 1 unspecified atom stereocenters. The van der Waals surface area contributed by atoms with E-state index in [0.29, 0.717) is 12.6 Å². The van der Waals surface area contributed by atoms with Crippen LogP contribution in [0.2, 0.25) is 0 Å². The van der Waals surface area contributed by atoms with E-state index in [1.54, 1.807) is 6.26 Å². The van der Waals surface area contributed by atoms with E-state index in [-0.39, 0.29) is 11.2 Å². The molecule has 2 aliphatic rings. The monoisotopic (exact) mass is 389 g/mol. The first-order valence-corrected chi connectivity index (χ1v) is 10.7. The summed E-state index contributed by atoms with van der Waals surface area (Å²) in [5.41, 5.74) is 0. The van der Waals surface area contributed by atoms with Crippen molar-refractivity contribution in [2.45, 2.75) is 62.5 Å². The van der Waals surface area contributed by atoms with Crippen molar-refractivity contribution >= 4 is 23.6 Å². The normalized spacial score (nSPS) is 19.3. The SMILES string of the molecule is CC1CCN(c2nnc(SC(C)C(=O)NC3CC3)n2Cc2ccco2)CC1. The average molecular weight is 390 g/mol. The van der Waals surface area contributed by atoms with Crippen LogP contribution in [0.4, 0.5) is 5.95 Å². The maximum atomic E-state index is 12.4. The molecule has 1 saturated heterocycles. The van der Waals surface area contributed by atoms with Crippen LogP contribution in [0, 0.1) is 5.92 Å². The van der Waals surface area contributed by atoms with Crippen molar-refractivity contribution in [3.8, 4) is 0 Å². The first kappa shape index (κ1) is 18.4. The quantitative estimate of drug-likeness (QED) is 0.734. The lowest BCUT2D eigenvalue weighted by atomic mass is 10.00. The van der Waals surface area contributed by atoms with Gasteiger partial charge in [0, 0.05) is 19.1 Å². The van der Waals surface area contributed by atoms with Gasteiger partial charge in [-0.15, -0.1) is 10.2 Å². The summed E-state index contributed by atoms with van der Waals surface area (Å²) in [6.45, 7) is 6.77. The zero-order valence-electron chi connectivity index (χ0n) is 15.9. The van der Waals surface area contributed by atoms with Crippen molar-refractivity contribution in [1.29, 1.82) is 0 Å². The largest absolute Gasteiger partial charge is 0.467 e. The van der Waals surface area contributed by atoms with Crippen molar-refractivity contribution in [2.24, 2.45) is 5.92 Å². The van der Waals surface area contributed by atoms with Gasteiger partial charge in [-0.3, -0.25) is 9.36 Å². The molecule has 27 heavy (non-hydrogen) atoms. The van der Waals surface area contributed by atoms with Crippen molar-refractivity contribution in [3.63, 3.8) is 0 Å². The van der Waals surface area contributed by atoms with Gasteiger partial charge in [0.25, 0.3) is 0 Å². The highest BCUT2D eigenvalue weighted by molar-refractivity contribution is 8.00. The smallest absolute Gasteiger partial charge is 0.233 e. The number of anilines is 1. The van der Waals surface area contributed by atoms with Crippen molar-refractivity contribution in [2.75, 3.05) is 18.0 Å². The summed E-state index contributed by atoms with van der Waals surface area (Å²) in [5.74, 6) is 2.56. The third-order valence-electron chi connectivity index (χ3n) is 5.23. The maximum absolute atomic E-state index is 12.4. The number of rotatable bonds is 7. The fraction of sp³-hybridized carbons (Fsp3) is 0.632. The van der Waals surface area contributed by atoms with Crippen LogP contribution in [-0.2, 0) is 11.3 Å². The number of thioether (sulfide) groups is 1. The van der Waals surface area contributed by atoms with Gasteiger partial charge in [0.1, 0.15) is 5.76 Å². The van der Waals surface area contributed by atoms with Crippen LogP contribution < -0.4 is 10.2 Å². The second-order valence-electron chi connectivity index (χ2n) is 7.66. The summed E-state index contributed by atoms with van der Waals surface area (Å²) < 4.78 is 7.63. The topological polar surface area (TPSA) is 76.2 Å². The molecular formula is C19H27N5O2S. The number of hydrogen-bond donors (Lipinski definition) is 1. The molecule has 146 valence electrons. The molecule has 1 N–H and O–H groups in total. The summed E-state index contributed by atoms with van der Waals surface area (Å²) >= 11 is 1.46. The second kappa shape index (κ2) is 7.96. The zero-order valence-corrected chi connectivity index (χ0v) is 16.7. The van der Waals surface area contributed by atoms with E-state index in [4.69, 9.17) is 4.42 Å². The number of hydrogen-bond acceptors (Lipinski definition) is 6. The van der Waals surface area contributed by atoms with Gasteiger partial charge in [0.05, 0.1) is 18.1 Å². The fourth-order valence-electron chi connectivity index (χ4n) is 3.27. The van der Waals surface area contributed by atoms with Crippen LogP contribution in [-0.4, -0.2) is 45.1 Å². The van der Waals surface area contributed by atoms with E-state index in [1.807, 2.05) is 19.1 Å². The molecule has 2 fully saturated rings. The second-order valence-corrected chi connectivity index (χ2v) is 8.97. The highest BCUT2D eigenvalue weighted by Gasteiger charge is 2.28. The Kier molecular flexibility index (Phi) is 5.43. The number of nitrogens with zero attached hydrogens (tertiary/aromatic N) is 4. The summed E-state index contributed by atoms with van der Waals surface area (Å²) in [7, 11) is 0. The molecule has 4 rings (SSSR count). The summed E-state index contributed by atoms with van der Waals surface area (Å²) in [4.78, 5) is 14.7. The summed E-state index contributed by atoms with van der Waals surface area (Å²) in [5, 5.41) is 12.5. The number of furan rings is 1. The molecule has 3 heterocycles.